The van der Waals surface area contributed by atoms with Crippen LogP contribution in [0.2, 0.25) is 0 Å². The average Bonchev–Trinajstić information content (AvgIpc) is 3.20. The van der Waals surface area contributed by atoms with Gasteiger partial charge in [-0.05, 0) is 25.1 Å². The highest BCUT2D eigenvalue weighted by Crippen LogP contribution is 2.49. The van der Waals surface area contributed by atoms with Crippen LogP contribution in [0.1, 0.15) is 6.92 Å². The van der Waals surface area contributed by atoms with Crippen molar-refractivity contribution in [3.8, 4) is 0 Å². The lowest BCUT2D eigenvalue weighted by Gasteiger charge is -2.31. The normalized spacial score (nSPS) is 24.1. The molecule has 2 aliphatic heterocycles. The molecule has 0 fully saturated rings. The van der Waals surface area contributed by atoms with E-state index in [0.29, 0.717) is 11.4 Å². The summed E-state index contributed by atoms with van der Waals surface area (Å²) in [7, 11) is 0. The van der Waals surface area contributed by atoms with Gasteiger partial charge in [-0.1, -0.05) is 23.4 Å². The van der Waals surface area contributed by atoms with Crippen LogP contribution in [-0.4, -0.2) is 28.7 Å². The van der Waals surface area contributed by atoms with Crippen LogP contribution < -0.4 is 16.5 Å². The van der Waals surface area contributed by atoms with E-state index in [1.54, 1.807) is 23.4 Å². The minimum absolute atomic E-state index is 0.262. The molecule has 6 heteroatoms. The van der Waals surface area contributed by atoms with E-state index in [0.717, 1.165) is 16.5 Å². The van der Waals surface area contributed by atoms with Crippen LogP contribution in [0.4, 0.5) is 11.4 Å². The molecule has 0 saturated heterocycles. The molecule has 1 atom stereocenters. The summed E-state index contributed by atoms with van der Waals surface area (Å²) in [6.45, 7) is 2.11. The third-order valence-corrected chi connectivity index (χ3v) is 3.52. The Balaban J connectivity index is 1.87. The number of hydrogen-bond donors (Lipinski definition) is 3. The monoisotopic (exact) mass is 271 g/mol. The lowest BCUT2D eigenvalue weighted by molar-refractivity contribution is -0.120. The Morgan fingerprint density at radius 3 is 2.60 bits per heavy atom. The van der Waals surface area contributed by atoms with Crippen molar-refractivity contribution in [2.45, 2.75) is 12.5 Å². The summed E-state index contributed by atoms with van der Waals surface area (Å²) in [5, 5.41) is 13.4. The lowest BCUT2D eigenvalue weighted by atomic mass is 10.0. The molecule has 5 N–H and O–H groups in total. The third-order valence-electron chi connectivity index (χ3n) is 3.52. The minimum atomic E-state index is -0.791. The van der Waals surface area contributed by atoms with Crippen molar-refractivity contribution in [1.29, 1.82) is 0 Å². The zero-order valence-electron chi connectivity index (χ0n) is 11.2. The first-order valence-corrected chi connectivity index (χ1v) is 6.38. The Hall–Kier alpha value is -2.15. The molecule has 0 amide bonds. The first kappa shape index (κ1) is 12.9. The largest absolute Gasteiger partial charge is 0.397 e. The van der Waals surface area contributed by atoms with Crippen LogP contribution >= 0.6 is 0 Å². The quantitative estimate of drug-likeness (QED) is 0.569. The topological polar surface area (TPSA) is 90.9 Å². The zero-order valence-corrected chi connectivity index (χ0v) is 11.2. The summed E-state index contributed by atoms with van der Waals surface area (Å²) in [6, 6.07) is 7.74. The molecular formula is C14H17N5O. The van der Waals surface area contributed by atoms with Gasteiger partial charge in [0, 0.05) is 12.8 Å². The van der Waals surface area contributed by atoms with E-state index in [-0.39, 0.29) is 6.54 Å². The van der Waals surface area contributed by atoms with Gasteiger partial charge >= 0.3 is 0 Å². The van der Waals surface area contributed by atoms with Gasteiger partial charge in [0.2, 0.25) is 0 Å². The number of hydrogen-bond acceptors (Lipinski definition) is 6. The van der Waals surface area contributed by atoms with Crippen LogP contribution in [0, 0.1) is 0 Å². The number of nitrogens with two attached hydrogens (primary N) is 2. The molecule has 2 aliphatic rings. The molecule has 0 saturated carbocycles. The van der Waals surface area contributed by atoms with Gasteiger partial charge in [0.05, 0.1) is 22.8 Å². The van der Waals surface area contributed by atoms with Crippen LogP contribution in [0.5, 0.6) is 0 Å². The van der Waals surface area contributed by atoms with Gasteiger partial charge in [0.15, 0.2) is 0 Å². The second kappa shape index (κ2) is 4.45. The van der Waals surface area contributed by atoms with E-state index in [4.69, 9.17) is 11.5 Å². The van der Waals surface area contributed by atoms with Crippen molar-refractivity contribution in [2.24, 2.45) is 16.5 Å². The van der Waals surface area contributed by atoms with E-state index in [9.17, 15) is 5.21 Å². The highest BCUT2D eigenvalue weighted by atomic mass is 16.6. The summed E-state index contributed by atoms with van der Waals surface area (Å²) in [6.07, 6.45) is 5.17. The Kier molecular flexibility index (Phi) is 2.86. The number of benzene rings is 1. The zero-order chi connectivity index (χ0) is 14.3. The molecule has 2 heterocycles. The predicted molar refractivity (Wildman–Crippen MR) is 78.5 cm³/mol. The van der Waals surface area contributed by atoms with Crippen LogP contribution in [0.3, 0.4) is 0 Å². The van der Waals surface area contributed by atoms with Crippen molar-refractivity contribution in [3.63, 3.8) is 0 Å². The van der Waals surface area contributed by atoms with E-state index in [1.807, 2.05) is 31.2 Å². The Morgan fingerprint density at radius 1 is 1.35 bits per heavy atom. The predicted octanol–water partition coefficient (Wildman–Crippen LogP) is 1.27. The number of hydroxylamine groups is 1. The molecule has 0 bridgehead atoms. The van der Waals surface area contributed by atoms with Crippen molar-refractivity contribution < 1.29 is 5.21 Å². The summed E-state index contributed by atoms with van der Waals surface area (Å²) < 4.78 is 0. The first-order valence-electron chi connectivity index (χ1n) is 6.38. The maximum Gasteiger partial charge on any atom is 0.118 e. The molecule has 1 aromatic carbocycles. The molecule has 0 spiro atoms. The van der Waals surface area contributed by atoms with Gasteiger partial charge in [-0.25, -0.2) is 5.01 Å². The molecule has 3 rings (SSSR count). The van der Waals surface area contributed by atoms with Crippen LogP contribution in [0.15, 0.2) is 52.8 Å². The van der Waals surface area contributed by atoms with E-state index < -0.39 is 5.54 Å². The summed E-state index contributed by atoms with van der Waals surface area (Å²) in [5.74, 6) is 0. The molecule has 0 radical (unpaired) electrons. The second-order valence-corrected chi connectivity index (χ2v) is 5.01. The number of para-hydroxylation sites is 2. The van der Waals surface area contributed by atoms with E-state index >= 15 is 0 Å². The van der Waals surface area contributed by atoms with Crippen molar-refractivity contribution in [2.75, 3.05) is 11.6 Å². The molecule has 1 unspecified atom stereocenters. The minimum Gasteiger partial charge on any atom is -0.397 e. The fraction of sp³-hybridized carbons (Fsp3) is 0.214. The number of rotatable bonds is 3. The Morgan fingerprint density at radius 2 is 2.00 bits per heavy atom. The summed E-state index contributed by atoms with van der Waals surface area (Å²) in [4.78, 5) is 4.28. The van der Waals surface area contributed by atoms with Gasteiger partial charge in [-0.15, -0.1) is 0 Å². The van der Waals surface area contributed by atoms with Crippen molar-refractivity contribution in [1.82, 2.24) is 5.17 Å². The maximum absolute atomic E-state index is 10.5. The Labute approximate surface area is 117 Å². The average molecular weight is 271 g/mol. The summed E-state index contributed by atoms with van der Waals surface area (Å²) in [5.41, 5.74) is 13.8. The molecule has 0 aliphatic carbocycles. The number of allylic oxidation sites excluding steroid dienone is 1. The number of anilines is 2. The second-order valence-electron chi connectivity index (χ2n) is 5.01. The van der Waals surface area contributed by atoms with E-state index in [1.165, 1.54) is 0 Å². The van der Waals surface area contributed by atoms with Crippen molar-refractivity contribution >= 4 is 17.6 Å². The number of nitrogens with zero attached hydrogens (tertiary/aromatic N) is 3. The highest BCUT2D eigenvalue weighted by Gasteiger charge is 2.42. The standard InChI is InChI=1S/C14H17N5O/c1-14(7-6-10(16)11(8-15)17-9-14)19(20)18-12-4-2-3-5-13(12)18/h2-7,9,20H,8,15-16H2,1H3. The van der Waals surface area contributed by atoms with Crippen LogP contribution in [-0.2, 0) is 0 Å². The van der Waals surface area contributed by atoms with Crippen LogP contribution in [0.25, 0.3) is 0 Å². The van der Waals surface area contributed by atoms with Gasteiger partial charge in [-0.2, -0.15) is 0 Å². The number of aliphatic imine (C=N–C) groups is 1. The summed E-state index contributed by atoms with van der Waals surface area (Å²) >= 11 is 0. The van der Waals surface area contributed by atoms with Gasteiger partial charge < -0.3 is 11.5 Å². The molecule has 0 aromatic heterocycles. The molecule has 6 nitrogen and oxygen atoms in total. The van der Waals surface area contributed by atoms with Gasteiger partial charge in [0.1, 0.15) is 5.54 Å². The smallest absolute Gasteiger partial charge is 0.118 e. The van der Waals surface area contributed by atoms with Gasteiger partial charge in [0.25, 0.3) is 0 Å². The SMILES string of the molecule is CC1(N(O)N2c3ccccc32)C=CC(N)=C(CN)N=C1. The molecule has 104 valence electrons. The lowest BCUT2D eigenvalue weighted by Crippen LogP contribution is -2.48. The highest BCUT2D eigenvalue weighted by molar-refractivity contribution is 5.92. The maximum atomic E-state index is 10.5. The number of hydrazine groups is 1. The van der Waals surface area contributed by atoms with Crippen molar-refractivity contribution in [3.05, 3.63) is 47.8 Å². The third kappa shape index (κ3) is 1.90. The fourth-order valence-electron chi connectivity index (χ4n) is 2.18. The van der Waals surface area contributed by atoms with E-state index in [2.05, 4.69) is 4.99 Å². The Bertz CT molecular complexity index is 613. The molecular weight excluding hydrogens is 254 g/mol. The first-order chi connectivity index (χ1) is 9.57. The molecule has 20 heavy (non-hydrogen) atoms. The molecule has 1 aromatic rings. The van der Waals surface area contributed by atoms with Gasteiger partial charge in [-0.3, -0.25) is 10.2 Å². The fourth-order valence-corrected chi connectivity index (χ4v) is 2.18. The number of fused-ring (bicyclic) bond motifs is 1.